The van der Waals surface area contributed by atoms with Crippen molar-refractivity contribution in [3.63, 3.8) is 0 Å². The zero-order chi connectivity index (χ0) is 19.7. The van der Waals surface area contributed by atoms with Crippen molar-refractivity contribution in [2.45, 2.75) is 9.70 Å². The third kappa shape index (κ3) is 3.46. The Balaban J connectivity index is 2.10. The molecule has 0 radical (unpaired) electrons. The van der Waals surface area contributed by atoms with Crippen molar-refractivity contribution in [3.05, 3.63) is 118 Å². The second kappa shape index (κ2) is 8.08. The van der Waals surface area contributed by atoms with Crippen LogP contribution in [0.4, 0.5) is 0 Å². The SMILES string of the molecule is ClC1=C(Cl)C(Cl)(Br)C(c2ccccc2)C(c2ccccc2)=C1c1ccccc1. The van der Waals surface area contributed by atoms with Gasteiger partial charge < -0.3 is 0 Å². The Morgan fingerprint density at radius 1 is 0.679 bits per heavy atom. The van der Waals surface area contributed by atoms with E-state index >= 15 is 0 Å². The molecule has 0 amide bonds. The quantitative estimate of drug-likeness (QED) is 0.323. The number of hydrogen-bond acceptors (Lipinski definition) is 0. The minimum absolute atomic E-state index is 0.233. The van der Waals surface area contributed by atoms with Gasteiger partial charge in [-0.3, -0.25) is 0 Å². The van der Waals surface area contributed by atoms with Crippen LogP contribution in [0.25, 0.3) is 11.1 Å². The largest absolute Gasteiger partial charge is 0.147 e. The fourth-order valence-corrected chi connectivity index (χ4v) is 5.41. The zero-order valence-corrected chi connectivity index (χ0v) is 18.6. The molecule has 140 valence electrons. The van der Waals surface area contributed by atoms with E-state index in [4.69, 9.17) is 34.8 Å². The normalized spacial score (nSPS) is 22.5. The van der Waals surface area contributed by atoms with E-state index in [9.17, 15) is 0 Å². The molecule has 0 aliphatic heterocycles. The van der Waals surface area contributed by atoms with Gasteiger partial charge >= 0.3 is 0 Å². The number of rotatable bonds is 3. The first-order valence-corrected chi connectivity index (χ1v) is 10.8. The number of benzene rings is 3. The molecule has 0 spiro atoms. The molecule has 0 N–H and O–H groups in total. The fourth-order valence-electron chi connectivity index (χ4n) is 3.66. The van der Waals surface area contributed by atoms with Gasteiger partial charge in [-0.1, -0.05) is 142 Å². The van der Waals surface area contributed by atoms with E-state index < -0.39 is 3.78 Å². The molecule has 4 heteroatoms. The van der Waals surface area contributed by atoms with Crippen LogP contribution in [-0.2, 0) is 0 Å². The van der Waals surface area contributed by atoms with Crippen LogP contribution in [0.2, 0.25) is 0 Å². The number of hydrogen-bond donors (Lipinski definition) is 0. The Hall–Kier alpha value is -1.51. The summed E-state index contributed by atoms with van der Waals surface area (Å²) in [4.78, 5) is 0. The molecular formula is C24H16BrCl3. The Labute approximate surface area is 188 Å². The topological polar surface area (TPSA) is 0 Å². The summed E-state index contributed by atoms with van der Waals surface area (Å²) in [6.45, 7) is 0. The lowest BCUT2D eigenvalue weighted by Crippen LogP contribution is -2.29. The molecule has 0 fully saturated rings. The summed E-state index contributed by atoms with van der Waals surface area (Å²) in [5.74, 6) is -0.233. The summed E-state index contributed by atoms with van der Waals surface area (Å²) < 4.78 is -1.05. The molecule has 1 aliphatic carbocycles. The summed E-state index contributed by atoms with van der Waals surface area (Å²) in [5.41, 5.74) is 5.07. The van der Waals surface area contributed by atoms with Gasteiger partial charge in [-0.15, -0.1) is 0 Å². The molecule has 4 rings (SSSR count). The van der Waals surface area contributed by atoms with Gasteiger partial charge in [0.15, 0.2) is 0 Å². The maximum absolute atomic E-state index is 7.02. The van der Waals surface area contributed by atoms with Gasteiger partial charge in [-0.05, 0) is 22.3 Å². The van der Waals surface area contributed by atoms with E-state index in [1.165, 1.54) is 0 Å². The van der Waals surface area contributed by atoms with Crippen molar-refractivity contribution in [3.8, 4) is 0 Å². The Morgan fingerprint density at radius 2 is 1.14 bits per heavy atom. The minimum Gasteiger partial charge on any atom is -0.0993 e. The third-order valence-corrected chi connectivity index (χ3v) is 7.45. The smallest absolute Gasteiger partial charge is 0.0993 e. The van der Waals surface area contributed by atoms with Crippen LogP contribution in [0.1, 0.15) is 22.6 Å². The van der Waals surface area contributed by atoms with E-state index in [0.717, 1.165) is 27.8 Å². The van der Waals surface area contributed by atoms with Gasteiger partial charge in [0.05, 0.1) is 10.1 Å². The van der Waals surface area contributed by atoms with Crippen LogP contribution in [0.5, 0.6) is 0 Å². The van der Waals surface area contributed by atoms with E-state index in [-0.39, 0.29) is 5.92 Å². The molecule has 3 aromatic carbocycles. The van der Waals surface area contributed by atoms with Crippen molar-refractivity contribution in [1.82, 2.24) is 0 Å². The fraction of sp³-hybridized carbons (Fsp3) is 0.0833. The lowest BCUT2D eigenvalue weighted by molar-refractivity contribution is 0.834. The number of allylic oxidation sites excluding steroid dienone is 4. The molecule has 28 heavy (non-hydrogen) atoms. The van der Waals surface area contributed by atoms with Crippen LogP contribution in [0, 0.1) is 0 Å². The third-order valence-electron chi connectivity index (χ3n) is 4.91. The lowest BCUT2D eigenvalue weighted by atomic mass is 9.76. The summed E-state index contributed by atoms with van der Waals surface area (Å²) in [6, 6.07) is 30.4. The van der Waals surface area contributed by atoms with E-state index in [1.807, 2.05) is 66.7 Å². The zero-order valence-electron chi connectivity index (χ0n) is 14.7. The van der Waals surface area contributed by atoms with Gasteiger partial charge in [0.1, 0.15) is 3.78 Å². The van der Waals surface area contributed by atoms with Gasteiger partial charge in [0, 0.05) is 11.5 Å². The highest BCUT2D eigenvalue weighted by molar-refractivity contribution is 9.10. The van der Waals surface area contributed by atoms with Crippen LogP contribution < -0.4 is 0 Å². The molecule has 3 aromatic rings. The van der Waals surface area contributed by atoms with E-state index in [1.54, 1.807) is 0 Å². The average Bonchev–Trinajstić information content (AvgIpc) is 2.73. The maximum Gasteiger partial charge on any atom is 0.147 e. The standard InChI is InChI=1S/C24H16BrCl3/c25-24(28)21(18-14-8-3-9-15-18)19(16-10-4-1-5-11-16)20(22(26)23(24)27)17-12-6-2-7-13-17/h1-15,21H. The highest BCUT2D eigenvalue weighted by Gasteiger charge is 2.47. The lowest BCUT2D eigenvalue weighted by Gasteiger charge is -2.39. The van der Waals surface area contributed by atoms with E-state index in [0.29, 0.717) is 10.1 Å². The second-order valence-electron chi connectivity index (χ2n) is 6.62. The summed E-state index contributed by atoms with van der Waals surface area (Å²) in [7, 11) is 0. The molecule has 2 atom stereocenters. The summed E-state index contributed by atoms with van der Waals surface area (Å²) in [6.07, 6.45) is 0. The molecule has 1 aliphatic rings. The Morgan fingerprint density at radius 3 is 1.68 bits per heavy atom. The van der Waals surface area contributed by atoms with Crippen molar-refractivity contribution >= 4 is 61.9 Å². The second-order valence-corrected chi connectivity index (χ2v) is 9.67. The van der Waals surface area contributed by atoms with E-state index in [2.05, 4.69) is 40.2 Å². The Kier molecular flexibility index (Phi) is 5.71. The molecule has 0 bridgehead atoms. The van der Waals surface area contributed by atoms with Crippen LogP contribution in [-0.4, -0.2) is 3.78 Å². The molecule has 0 heterocycles. The molecule has 0 nitrogen and oxygen atoms in total. The average molecular weight is 491 g/mol. The highest BCUT2D eigenvalue weighted by atomic mass is 79.9. The van der Waals surface area contributed by atoms with Crippen molar-refractivity contribution in [2.24, 2.45) is 0 Å². The van der Waals surface area contributed by atoms with Gasteiger partial charge in [-0.2, -0.15) is 0 Å². The van der Waals surface area contributed by atoms with Crippen LogP contribution in [0.3, 0.4) is 0 Å². The van der Waals surface area contributed by atoms with Crippen molar-refractivity contribution < 1.29 is 0 Å². The molecule has 0 aromatic heterocycles. The van der Waals surface area contributed by atoms with Crippen molar-refractivity contribution in [1.29, 1.82) is 0 Å². The first kappa shape index (κ1) is 19.8. The van der Waals surface area contributed by atoms with Gasteiger partial charge in [0.25, 0.3) is 0 Å². The summed E-state index contributed by atoms with van der Waals surface area (Å²) >= 11 is 24.3. The van der Waals surface area contributed by atoms with Crippen LogP contribution in [0.15, 0.2) is 101 Å². The van der Waals surface area contributed by atoms with Crippen molar-refractivity contribution in [2.75, 3.05) is 0 Å². The maximum atomic E-state index is 7.02. The molecule has 0 saturated heterocycles. The first-order valence-electron chi connectivity index (χ1n) is 8.85. The number of alkyl halides is 2. The summed E-state index contributed by atoms with van der Waals surface area (Å²) in [5, 5.41) is 0.856. The predicted octanol–water partition coefficient (Wildman–Crippen LogP) is 8.41. The monoisotopic (exact) mass is 488 g/mol. The first-order chi connectivity index (χ1) is 13.5. The molecule has 2 unspecified atom stereocenters. The van der Waals surface area contributed by atoms with Crippen LogP contribution >= 0.6 is 50.7 Å². The minimum atomic E-state index is -1.05. The number of halogens is 4. The predicted molar refractivity (Wildman–Crippen MR) is 125 cm³/mol. The molecule has 0 saturated carbocycles. The molecular weight excluding hydrogens is 475 g/mol. The van der Waals surface area contributed by atoms with Gasteiger partial charge in [-0.25, -0.2) is 0 Å². The van der Waals surface area contributed by atoms with Gasteiger partial charge in [0.2, 0.25) is 0 Å². The highest BCUT2D eigenvalue weighted by Crippen LogP contribution is 2.60. The Bertz CT molecular complexity index is 1040.